The van der Waals surface area contributed by atoms with Crippen LogP contribution in [0.5, 0.6) is 0 Å². The van der Waals surface area contributed by atoms with Crippen molar-refractivity contribution in [1.29, 1.82) is 0 Å². The van der Waals surface area contributed by atoms with Gasteiger partial charge in [-0.15, -0.1) is 10.2 Å². The van der Waals surface area contributed by atoms with E-state index in [2.05, 4.69) is 27.6 Å². The van der Waals surface area contributed by atoms with Gasteiger partial charge in [-0.05, 0) is 25.3 Å². The topological polar surface area (TPSA) is 69.0 Å². The molecule has 0 radical (unpaired) electrons. The first-order valence-electron chi connectivity index (χ1n) is 10.1. The number of benzene rings is 2. The molecule has 1 atom stereocenters. The van der Waals surface area contributed by atoms with E-state index in [1.165, 1.54) is 17.3 Å². The Balaban J connectivity index is 1.55. The van der Waals surface area contributed by atoms with Gasteiger partial charge in [-0.3, -0.25) is 9.36 Å². The highest BCUT2D eigenvalue weighted by Crippen LogP contribution is 2.23. The summed E-state index contributed by atoms with van der Waals surface area (Å²) >= 11 is 1.40. The second-order valence-corrected chi connectivity index (χ2v) is 8.04. The van der Waals surface area contributed by atoms with Crippen LogP contribution in [0.1, 0.15) is 18.9 Å². The van der Waals surface area contributed by atoms with Crippen molar-refractivity contribution in [3.63, 3.8) is 0 Å². The van der Waals surface area contributed by atoms with Gasteiger partial charge >= 0.3 is 0 Å². The van der Waals surface area contributed by atoms with Gasteiger partial charge in [0.05, 0.1) is 18.9 Å². The number of nitrogens with one attached hydrogen (secondary N) is 1. The van der Waals surface area contributed by atoms with Crippen molar-refractivity contribution in [2.45, 2.75) is 37.5 Å². The number of amides is 1. The molecule has 0 fully saturated rings. The zero-order valence-electron chi connectivity index (χ0n) is 17.5. The maximum Gasteiger partial charge on any atom is 0.230 e. The molecule has 3 aromatic rings. The molecule has 3 rings (SSSR count). The summed E-state index contributed by atoms with van der Waals surface area (Å²) in [7, 11) is 1.67. The van der Waals surface area contributed by atoms with Gasteiger partial charge in [0.15, 0.2) is 11.0 Å². The summed E-state index contributed by atoms with van der Waals surface area (Å²) in [5.74, 6) is 1.09. The van der Waals surface area contributed by atoms with Crippen LogP contribution in [0.3, 0.4) is 0 Å². The maximum atomic E-state index is 12.4. The molecule has 0 unspecified atom stereocenters. The van der Waals surface area contributed by atoms with Crippen LogP contribution in [-0.2, 0) is 22.5 Å². The summed E-state index contributed by atoms with van der Waals surface area (Å²) in [6.45, 7) is 3.22. The lowest BCUT2D eigenvalue weighted by molar-refractivity contribution is -0.119. The van der Waals surface area contributed by atoms with E-state index in [9.17, 15) is 4.79 Å². The molecule has 158 valence electrons. The Bertz CT molecular complexity index is 915. The SMILES string of the molecule is COCCn1c(SCC(=O)N[C@H](C)CCc2ccccc2)nnc1-c1ccccc1. The van der Waals surface area contributed by atoms with Crippen molar-refractivity contribution in [3.05, 3.63) is 66.2 Å². The second kappa shape index (κ2) is 11.5. The van der Waals surface area contributed by atoms with Gasteiger partial charge < -0.3 is 10.1 Å². The lowest BCUT2D eigenvalue weighted by atomic mass is 10.1. The van der Waals surface area contributed by atoms with Gasteiger partial charge in [0.1, 0.15) is 0 Å². The number of hydrogen-bond acceptors (Lipinski definition) is 5. The quantitative estimate of drug-likeness (QED) is 0.474. The van der Waals surface area contributed by atoms with E-state index in [-0.39, 0.29) is 11.9 Å². The predicted octanol–water partition coefficient (Wildman–Crippen LogP) is 3.82. The Morgan fingerprint density at radius 3 is 2.50 bits per heavy atom. The zero-order chi connectivity index (χ0) is 21.2. The fourth-order valence-corrected chi connectivity index (χ4v) is 3.90. The van der Waals surface area contributed by atoms with Crippen molar-refractivity contribution in [2.75, 3.05) is 19.5 Å². The highest BCUT2D eigenvalue weighted by Gasteiger charge is 2.16. The fourth-order valence-electron chi connectivity index (χ4n) is 3.13. The van der Waals surface area contributed by atoms with E-state index < -0.39 is 0 Å². The first-order chi connectivity index (χ1) is 14.7. The summed E-state index contributed by atoms with van der Waals surface area (Å²) in [5, 5.41) is 12.5. The molecule has 1 aromatic heterocycles. The van der Waals surface area contributed by atoms with Crippen LogP contribution in [0.4, 0.5) is 0 Å². The Hall–Kier alpha value is -2.64. The molecule has 0 saturated heterocycles. The van der Waals surface area contributed by atoms with Crippen LogP contribution in [0, 0.1) is 0 Å². The Morgan fingerprint density at radius 1 is 1.10 bits per heavy atom. The fraction of sp³-hybridized carbons (Fsp3) is 0.348. The molecule has 0 aliphatic heterocycles. The number of carbonyl (C=O) groups excluding carboxylic acids is 1. The number of rotatable bonds is 11. The molecule has 0 spiro atoms. The molecule has 0 aliphatic carbocycles. The number of nitrogens with zero attached hydrogens (tertiary/aromatic N) is 3. The van der Waals surface area contributed by atoms with Crippen molar-refractivity contribution in [3.8, 4) is 11.4 Å². The lowest BCUT2D eigenvalue weighted by Crippen LogP contribution is -2.34. The van der Waals surface area contributed by atoms with Crippen LogP contribution >= 0.6 is 11.8 Å². The molecule has 1 N–H and O–H groups in total. The number of thioether (sulfide) groups is 1. The first-order valence-corrected chi connectivity index (χ1v) is 11.1. The monoisotopic (exact) mass is 424 g/mol. The number of methoxy groups -OCH3 is 1. The molecule has 2 aromatic carbocycles. The number of hydrogen-bond donors (Lipinski definition) is 1. The number of aromatic nitrogens is 3. The Kier molecular flexibility index (Phi) is 8.47. The largest absolute Gasteiger partial charge is 0.383 e. The Labute approximate surface area is 182 Å². The maximum absolute atomic E-state index is 12.4. The van der Waals surface area contributed by atoms with Gasteiger partial charge in [0.2, 0.25) is 5.91 Å². The Morgan fingerprint density at radius 2 is 1.80 bits per heavy atom. The van der Waals surface area contributed by atoms with Gasteiger partial charge in [0.25, 0.3) is 0 Å². The minimum atomic E-state index is 0.00288. The number of ether oxygens (including phenoxy) is 1. The van der Waals surface area contributed by atoms with Crippen molar-refractivity contribution in [2.24, 2.45) is 0 Å². The summed E-state index contributed by atoms with van der Waals surface area (Å²) in [5.41, 5.74) is 2.28. The second-order valence-electron chi connectivity index (χ2n) is 7.10. The molecule has 1 heterocycles. The smallest absolute Gasteiger partial charge is 0.230 e. The third-order valence-corrected chi connectivity index (χ3v) is 5.68. The van der Waals surface area contributed by atoms with Crippen LogP contribution in [-0.4, -0.2) is 46.2 Å². The average Bonchev–Trinajstić information content (AvgIpc) is 3.19. The minimum absolute atomic E-state index is 0.00288. The van der Waals surface area contributed by atoms with Gasteiger partial charge in [-0.1, -0.05) is 72.4 Å². The number of aryl methyl sites for hydroxylation is 1. The normalized spacial score (nSPS) is 11.9. The summed E-state index contributed by atoms with van der Waals surface area (Å²) < 4.78 is 7.25. The third-order valence-electron chi connectivity index (χ3n) is 4.72. The third kappa shape index (κ3) is 6.43. The first kappa shape index (κ1) is 22.1. The van der Waals surface area contributed by atoms with Gasteiger partial charge in [-0.2, -0.15) is 0 Å². The van der Waals surface area contributed by atoms with E-state index in [4.69, 9.17) is 4.74 Å². The van der Waals surface area contributed by atoms with Crippen LogP contribution in [0.2, 0.25) is 0 Å². The molecular weight excluding hydrogens is 396 g/mol. The van der Waals surface area contributed by atoms with E-state index >= 15 is 0 Å². The molecule has 0 bridgehead atoms. The zero-order valence-corrected chi connectivity index (χ0v) is 18.3. The molecule has 0 saturated carbocycles. The van der Waals surface area contributed by atoms with Crippen molar-refractivity contribution in [1.82, 2.24) is 20.1 Å². The van der Waals surface area contributed by atoms with E-state index in [1.807, 2.05) is 60.0 Å². The van der Waals surface area contributed by atoms with E-state index in [0.29, 0.717) is 18.9 Å². The van der Waals surface area contributed by atoms with E-state index in [1.54, 1.807) is 7.11 Å². The molecule has 1 amide bonds. The van der Waals surface area contributed by atoms with Crippen LogP contribution in [0.15, 0.2) is 65.8 Å². The highest BCUT2D eigenvalue weighted by atomic mass is 32.2. The summed E-state index contributed by atoms with van der Waals surface area (Å²) in [4.78, 5) is 12.4. The van der Waals surface area contributed by atoms with E-state index in [0.717, 1.165) is 29.4 Å². The summed E-state index contributed by atoms with van der Waals surface area (Å²) in [6, 6.07) is 20.4. The molecular formula is C23H28N4O2S. The number of carbonyl (C=O) groups is 1. The lowest BCUT2D eigenvalue weighted by Gasteiger charge is -2.14. The van der Waals surface area contributed by atoms with Crippen LogP contribution < -0.4 is 5.32 Å². The van der Waals surface area contributed by atoms with Crippen LogP contribution in [0.25, 0.3) is 11.4 Å². The summed E-state index contributed by atoms with van der Waals surface area (Å²) in [6.07, 6.45) is 1.85. The average molecular weight is 425 g/mol. The molecule has 0 aliphatic rings. The minimum Gasteiger partial charge on any atom is -0.383 e. The molecule has 7 heteroatoms. The molecule has 30 heavy (non-hydrogen) atoms. The van der Waals surface area contributed by atoms with Gasteiger partial charge in [-0.25, -0.2) is 0 Å². The van der Waals surface area contributed by atoms with Gasteiger partial charge in [0, 0.05) is 18.7 Å². The molecule has 6 nitrogen and oxygen atoms in total. The highest BCUT2D eigenvalue weighted by molar-refractivity contribution is 7.99. The standard InChI is InChI=1S/C23H28N4O2S/c1-18(13-14-19-9-5-3-6-10-19)24-21(28)17-30-23-26-25-22(27(23)15-16-29-2)20-11-7-4-8-12-20/h3-12,18H,13-17H2,1-2H3,(H,24,28)/t18-/m1/s1. The van der Waals surface area contributed by atoms with Crippen molar-refractivity contribution >= 4 is 17.7 Å². The predicted molar refractivity (Wildman–Crippen MR) is 120 cm³/mol. The van der Waals surface area contributed by atoms with Crippen molar-refractivity contribution < 1.29 is 9.53 Å².